The van der Waals surface area contributed by atoms with Crippen molar-refractivity contribution >= 4 is 28.5 Å². The summed E-state index contributed by atoms with van der Waals surface area (Å²) in [4.78, 5) is 22.3. The van der Waals surface area contributed by atoms with Crippen LogP contribution in [0.25, 0.3) is 22.2 Å². The summed E-state index contributed by atoms with van der Waals surface area (Å²) in [6.07, 6.45) is 7.37. The number of hydrogen-bond donors (Lipinski definition) is 1. The van der Waals surface area contributed by atoms with Gasteiger partial charge in [0.2, 0.25) is 5.95 Å². The third-order valence-electron chi connectivity index (χ3n) is 7.23. The van der Waals surface area contributed by atoms with Crippen molar-refractivity contribution in [2.24, 2.45) is 0 Å². The summed E-state index contributed by atoms with van der Waals surface area (Å²) in [5.74, 6) is 0.414. The van der Waals surface area contributed by atoms with Gasteiger partial charge < -0.3 is 14.8 Å². The van der Waals surface area contributed by atoms with Gasteiger partial charge in [-0.2, -0.15) is 0 Å². The van der Waals surface area contributed by atoms with Crippen LogP contribution in [-0.2, 0) is 0 Å². The van der Waals surface area contributed by atoms with Gasteiger partial charge in [0, 0.05) is 43.8 Å². The van der Waals surface area contributed by atoms with Gasteiger partial charge in [-0.3, -0.25) is 4.90 Å². The number of hydrogen-bond acceptors (Lipinski definition) is 7. The van der Waals surface area contributed by atoms with Crippen molar-refractivity contribution in [1.29, 1.82) is 0 Å². The minimum absolute atomic E-state index is 0.0846. The Labute approximate surface area is 214 Å². The Kier molecular flexibility index (Phi) is 5.98. The molecular formula is C27H30F2N8. The van der Waals surface area contributed by atoms with Crippen molar-refractivity contribution < 1.29 is 8.78 Å². The van der Waals surface area contributed by atoms with E-state index >= 15 is 0 Å². The van der Waals surface area contributed by atoms with Gasteiger partial charge >= 0.3 is 0 Å². The lowest BCUT2D eigenvalue weighted by molar-refractivity contribution is 0.248. The molecule has 0 amide bonds. The van der Waals surface area contributed by atoms with Crippen LogP contribution in [0.3, 0.4) is 0 Å². The smallest absolute Gasteiger partial charge is 0.228 e. The molecule has 1 aromatic carbocycles. The zero-order valence-corrected chi connectivity index (χ0v) is 21.2. The van der Waals surface area contributed by atoms with E-state index in [9.17, 15) is 8.78 Å². The van der Waals surface area contributed by atoms with Gasteiger partial charge in [0.05, 0.1) is 29.8 Å². The van der Waals surface area contributed by atoms with Crippen molar-refractivity contribution in [3.8, 4) is 11.1 Å². The van der Waals surface area contributed by atoms with Gasteiger partial charge in [0.25, 0.3) is 0 Å². The first-order valence-electron chi connectivity index (χ1n) is 12.8. The second-order valence-corrected chi connectivity index (χ2v) is 10.1. The Balaban J connectivity index is 1.22. The van der Waals surface area contributed by atoms with Crippen LogP contribution < -0.4 is 10.2 Å². The highest BCUT2D eigenvalue weighted by Gasteiger charge is 2.31. The average Bonchev–Trinajstić information content (AvgIpc) is 3.68. The lowest BCUT2D eigenvalue weighted by Crippen LogP contribution is -2.47. The summed E-state index contributed by atoms with van der Waals surface area (Å²) in [5, 5.41) is 3.05. The Bertz CT molecular complexity index is 1440. The first-order valence-corrected chi connectivity index (χ1v) is 12.8. The molecule has 0 radical (unpaired) electrons. The summed E-state index contributed by atoms with van der Waals surface area (Å²) in [6.45, 7) is 9.92. The number of benzene rings is 1. The Morgan fingerprint density at radius 2 is 1.65 bits per heavy atom. The number of piperazine rings is 1. The molecule has 1 saturated heterocycles. The molecule has 10 heteroatoms. The van der Waals surface area contributed by atoms with Gasteiger partial charge in [-0.25, -0.2) is 28.7 Å². The fourth-order valence-corrected chi connectivity index (χ4v) is 5.25. The maximum Gasteiger partial charge on any atom is 0.228 e. The molecule has 37 heavy (non-hydrogen) atoms. The van der Waals surface area contributed by atoms with Crippen LogP contribution in [0.15, 0.2) is 36.8 Å². The molecule has 1 aliphatic heterocycles. The van der Waals surface area contributed by atoms with Crippen LogP contribution in [0.5, 0.6) is 0 Å². The molecule has 4 aromatic rings. The number of anilines is 3. The van der Waals surface area contributed by atoms with Crippen molar-refractivity contribution in [3.05, 3.63) is 54.2 Å². The first kappa shape index (κ1) is 23.7. The molecule has 2 aliphatic rings. The number of nitrogens with zero attached hydrogens (tertiary/aromatic N) is 7. The lowest BCUT2D eigenvalue weighted by atomic mass is 10.0. The standard InChI is InChI=1S/C27H30F2N8/c1-16(2)37-17(3)33-26-22(28)10-18(11-24(26)37)21-12-25(30-15-23(21)29)34-27-31-13-20(14-32-27)36-8-6-35(7-9-36)19-4-5-19/h10-16,19H,4-9H2,1-3H3,(H,30,31,32,34). The molecule has 6 rings (SSSR count). The summed E-state index contributed by atoms with van der Waals surface area (Å²) in [5.41, 5.74) is 2.54. The van der Waals surface area contributed by atoms with Gasteiger partial charge in [-0.05, 0) is 57.4 Å². The molecule has 4 heterocycles. The zero-order chi connectivity index (χ0) is 25.7. The molecule has 1 saturated carbocycles. The van der Waals surface area contributed by atoms with E-state index in [0.29, 0.717) is 28.7 Å². The minimum Gasteiger partial charge on any atom is -0.366 e. The van der Waals surface area contributed by atoms with Crippen molar-refractivity contribution in [1.82, 2.24) is 29.4 Å². The number of fused-ring (bicyclic) bond motifs is 1. The third kappa shape index (κ3) is 4.61. The van der Waals surface area contributed by atoms with E-state index in [4.69, 9.17) is 0 Å². The van der Waals surface area contributed by atoms with E-state index in [1.807, 2.05) is 25.3 Å². The molecule has 1 aliphatic carbocycles. The third-order valence-corrected chi connectivity index (χ3v) is 7.23. The predicted molar refractivity (Wildman–Crippen MR) is 140 cm³/mol. The molecule has 1 N–H and O–H groups in total. The SMILES string of the molecule is Cc1nc2c(F)cc(-c3cc(Nc4ncc(N5CCN(C6CC6)CC5)cn4)ncc3F)cc2n1C(C)C. The van der Waals surface area contributed by atoms with Crippen LogP contribution in [0.1, 0.15) is 38.6 Å². The van der Waals surface area contributed by atoms with Gasteiger partial charge in [0.15, 0.2) is 5.82 Å². The molecule has 3 aromatic heterocycles. The fourth-order valence-electron chi connectivity index (χ4n) is 5.25. The number of pyridine rings is 1. The molecule has 0 atom stereocenters. The molecule has 2 fully saturated rings. The maximum absolute atomic E-state index is 15.0. The highest BCUT2D eigenvalue weighted by atomic mass is 19.1. The number of aryl methyl sites for hydroxylation is 1. The monoisotopic (exact) mass is 504 g/mol. The highest BCUT2D eigenvalue weighted by Crippen LogP contribution is 2.32. The van der Waals surface area contributed by atoms with E-state index in [2.05, 4.69) is 35.1 Å². The zero-order valence-electron chi connectivity index (χ0n) is 21.2. The number of nitrogens with one attached hydrogen (secondary N) is 1. The van der Waals surface area contributed by atoms with E-state index < -0.39 is 11.6 Å². The number of halogens is 2. The molecule has 0 unspecified atom stereocenters. The van der Waals surface area contributed by atoms with Gasteiger partial charge in [-0.1, -0.05) is 0 Å². The summed E-state index contributed by atoms with van der Waals surface area (Å²) in [7, 11) is 0. The van der Waals surface area contributed by atoms with E-state index in [1.54, 1.807) is 24.5 Å². The molecular weight excluding hydrogens is 474 g/mol. The van der Waals surface area contributed by atoms with Gasteiger partial charge in [0.1, 0.15) is 23.0 Å². The summed E-state index contributed by atoms with van der Waals surface area (Å²) >= 11 is 0. The van der Waals surface area contributed by atoms with Crippen LogP contribution >= 0.6 is 0 Å². The quantitative estimate of drug-likeness (QED) is 0.392. The van der Waals surface area contributed by atoms with Crippen LogP contribution in [0.2, 0.25) is 0 Å². The normalized spacial score (nSPS) is 16.6. The first-order chi connectivity index (χ1) is 17.9. The molecule has 192 valence electrons. The predicted octanol–water partition coefficient (Wildman–Crippen LogP) is 5.08. The average molecular weight is 505 g/mol. The Morgan fingerprint density at radius 3 is 2.32 bits per heavy atom. The molecule has 0 spiro atoms. The van der Waals surface area contributed by atoms with Crippen LogP contribution in [-0.4, -0.2) is 61.6 Å². The number of imidazole rings is 1. The summed E-state index contributed by atoms with van der Waals surface area (Å²) in [6, 6.07) is 5.51. The topological polar surface area (TPSA) is 75.0 Å². The number of rotatable bonds is 6. The second kappa shape index (κ2) is 9.33. The minimum atomic E-state index is -0.543. The summed E-state index contributed by atoms with van der Waals surface area (Å²) < 4.78 is 31.8. The van der Waals surface area contributed by atoms with Crippen LogP contribution in [0, 0.1) is 18.6 Å². The lowest BCUT2D eigenvalue weighted by Gasteiger charge is -2.35. The van der Waals surface area contributed by atoms with Crippen molar-refractivity contribution in [3.63, 3.8) is 0 Å². The Morgan fingerprint density at radius 1 is 0.919 bits per heavy atom. The van der Waals surface area contributed by atoms with Gasteiger partial charge in [-0.15, -0.1) is 0 Å². The second-order valence-electron chi connectivity index (χ2n) is 10.1. The number of aromatic nitrogens is 5. The fraction of sp³-hybridized carbons (Fsp3) is 0.407. The largest absolute Gasteiger partial charge is 0.366 e. The van der Waals surface area contributed by atoms with E-state index in [-0.39, 0.29) is 17.1 Å². The van der Waals surface area contributed by atoms with E-state index in [0.717, 1.165) is 44.1 Å². The molecule has 0 bridgehead atoms. The maximum atomic E-state index is 15.0. The Hall–Kier alpha value is -3.66. The van der Waals surface area contributed by atoms with E-state index in [1.165, 1.54) is 18.9 Å². The highest BCUT2D eigenvalue weighted by molar-refractivity contribution is 5.84. The van der Waals surface area contributed by atoms with Crippen molar-refractivity contribution in [2.75, 3.05) is 36.4 Å². The molecule has 8 nitrogen and oxygen atoms in total. The van der Waals surface area contributed by atoms with Crippen LogP contribution in [0.4, 0.5) is 26.2 Å². The van der Waals surface area contributed by atoms with Crippen molar-refractivity contribution in [2.45, 2.75) is 45.7 Å².